The second kappa shape index (κ2) is 6.12. The fourth-order valence-electron chi connectivity index (χ4n) is 6.41. The van der Waals surface area contributed by atoms with E-state index in [1.54, 1.807) is 0 Å². The molecule has 0 aliphatic heterocycles. The zero-order chi connectivity index (χ0) is 18.6. The lowest BCUT2D eigenvalue weighted by molar-refractivity contribution is -0.135. The molecule has 2 aromatic rings. The van der Waals surface area contributed by atoms with Crippen molar-refractivity contribution >= 4 is 27.5 Å². The van der Waals surface area contributed by atoms with Crippen molar-refractivity contribution in [1.82, 2.24) is 20.2 Å². The van der Waals surface area contributed by atoms with Crippen LogP contribution in [-0.2, 0) is 10.3 Å². The molecule has 1 heterocycles. The van der Waals surface area contributed by atoms with E-state index in [9.17, 15) is 4.79 Å². The molecule has 4 bridgehead atoms. The molecule has 1 N–H and O–H groups in total. The van der Waals surface area contributed by atoms with Crippen molar-refractivity contribution in [3.63, 3.8) is 0 Å². The predicted molar refractivity (Wildman–Crippen MR) is 105 cm³/mol. The van der Waals surface area contributed by atoms with Gasteiger partial charge in [0, 0.05) is 16.6 Å². The van der Waals surface area contributed by atoms with E-state index in [2.05, 4.69) is 36.7 Å². The van der Waals surface area contributed by atoms with Crippen LogP contribution in [0.25, 0.3) is 0 Å². The Morgan fingerprint density at radius 3 is 2.56 bits per heavy atom. The van der Waals surface area contributed by atoms with Crippen LogP contribution in [0.4, 0.5) is 5.69 Å². The highest BCUT2D eigenvalue weighted by atomic mass is 79.9. The first-order chi connectivity index (χ1) is 12.9. The van der Waals surface area contributed by atoms with Crippen LogP contribution in [0.5, 0.6) is 0 Å². The van der Waals surface area contributed by atoms with Crippen LogP contribution in [0.3, 0.4) is 0 Å². The molecule has 6 rings (SSSR count). The number of carbonyl (C=O) groups excluding carboxylic acids is 1. The molecular weight excluding hydrogens is 406 g/mol. The van der Waals surface area contributed by atoms with E-state index in [0.717, 1.165) is 48.1 Å². The average molecular weight is 430 g/mol. The molecule has 4 fully saturated rings. The Morgan fingerprint density at radius 1 is 1.22 bits per heavy atom. The quantitative estimate of drug-likeness (QED) is 0.794. The number of aryl methyl sites for hydroxylation is 1. The van der Waals surface area contributed by atoms with Gasteiger partial charge in [-0.1, -0.05) is 15.9 Å². The molecule has 142 valence electrons. The summed E-state index contributed by atoms with van der Waals surface area (Å²) >= 11 is 3.43. The van der Waals surface area contributed by atoms with Crippen molar-refractivity contribution in [1.29, 1.82) is 0 Å². The summed E-state index contributed by atoms with van der Waals surface area (Å²) in [6.07, 6.45) is 7.47. The van der Waals surface area contributed by atoms with Crippen LogP contribution in [0.1, 0.15) is 50.8 Å². The topological polar surface area (TPSA) is 72.7 Å². The minimum atomic E-state index is -0.0385. The molecule has 0 radical (unpaired) electrons. The van der Waals surface area contributed by atoms with Crippen molar-refractivity contribution in [2.75, 3.05) is 5.32 Å². The van der Waals surface area contributed by atoms with E-state index in [1.165, 1.54) is 6.42 Å². The van der Waals surface area contributed by atoms with Crippen molar-refractivity contribution in [2.24, 2.45) is 17.3 Å². The van der Waals surface area contributed by atoms with Gasteiger partial charge in [0.15, 0.2) is 5.82 Å². The number of hydrogen-bond donors (Lipinski definition) is 1. The first kappa shape index (κ1) is 17.3. The van der Waals surface area contributed by atoms with Gasteiger partial charge in [0.05, 0.1) is 5.54 Å². The third kappa shape index (κ3) is 3.10. The Labute approximate surface area is 167 Å². The second-order valence-corrected chi connectivity index (χ2v) is 9.96. The summed E-state index contributed by atoms with van der Waals surface area (Å²) in [4.78, 5) is 14.7. The third-order valence-corrected chi connectivity index (χ3v) is 7.28. The Morgan fingerprint density at radius 2 is 1.93 bits per heavy atom. The van der Waals surface area contributed by atoms with Crippen LogP contribution in [0.2, 0.25) is 0 Å². The number of nitrogens with one attached hydrogen (secondary N) is 1. The number of benzene rings is 1. The van der Waals surface area contributed by atoms with Crippen molar-refractivity contribution < 1.29 is 4.79 Å². The Bertz CT molecular complexity index is 863. The lowest BCUT2D eigenvalue weighted by Gasteiger charge is -2.61. The van der Waals surface area contributed by atoms with Crippen molar-refractivity contribution in [2.45, 2.75) is 57.4 Å². The monoisotopic (exact) mass is 429 g/mol. The molecule has 2 atom stereocenters. The number of halogens is 1. The third-order valence-electron chi connectivity index (χ3n) is 6.75. The number of amides is 1. The molecule has 0 saturated heterocycles. The van der Waals surface area contributed by atoms with Gasteiger partial charge in [0.1, 0.15) is 0 Å². The first-order valence-electron chi connectivity index (χ1n) is 9.76. The lowest BCUT2D eigenvalue weighted by Crippen LogP contribution is -2.57. The van der Waals surface area contributed by atoms with Gasteiger partial charge in [0.2, 0.25) is 5.91 Å². The molecule has 1 amide bonds. The number of anilines is 1. The fraction of sp³-hybridized carbons (Fsp3) is 0.600. The lowest BCUT2D eigenvalue weighted by atomic mass is 9.46. The molecule has 7 heteroatoms. The first-order valence-corrected chi connectivity index (χ1v) is 10.6. The van der Waals surface area contributed by atoms with E-state index in [-0.39, 0.29) is 16.9 Å². The largest absolute Gasteiger partial charge is 0.326 e. The Hall–Kier alpha value is -1.76. The maximum Gasteiger partial charge on any atom is 0.224 e. The molecule has 27 heavy (non-hydrogen) atoms. The molecule has 0 unspecified atom stereocenters. The molecule has 0 spiro atoms. The van der Waals surface area contributed by atoms with Crippen LogP contribution in [0.15, 0.2) is 28.7 Å². The van der Waals surface area contributed by atoms with Crippen molar-refractivity contribution in [3.8, 4) is 0 Å². The highest BCUT2D eigenvalue weighted by molar-refractivity contribution is 9.10. The van der Waals surface area contributed by atoms with E-state index >= 15 is 0 Å². The summed E-state index contributed by atoms with van der Waals surface area (Å²) in [6, 6.07) is 7.78. The molecule has 4 aliphatic carbocycles. The van der Waals surface area contributed by atoms with Gasteiger partial charge in [-0.15, -0.1) is 10.2 Å². The van der Waals surface area contributed by atoms with Gasteiger partial charge in [-0.05, 0) is 92.2 Å². The highest BCUT2D eigenvalue weighted by Crippen LogP contribution is 2.65. The number of rotatable bonds is 4. The van der Waals surface area contributed by atoms with E-state index in [0.29, 0.717) is 18.3 Å². The number of carbonyl (C=O) groups is 1. The van der Waals surface area contributed by atoms with Crippen LogP contribution in [0, 0.1) is 24.2 Å². The molecule has 1 aromatic carbocycles. The molecule has 4 saturated carbocycles. The fourth-order valence-corrected chi connectivity index (χ4v) is 6.67. The van der Waals surface area contributed by atoms with Gasteiger partial charge in [-0.25, -0.2) is 0 Å². The van der Waals surface area contributed by atoms with E-state index in [4.69, 9.17) is 0 Å². The summed E-state index contributed by atoms with van der Waals surface area (Å²) in [5, 5.41) is 16.1. The van der Waals surface area contributed by atoms with Gasteiger partial charge in [-0.3, -0.25) is 4.79 Å². The average Bonchev–Trinajstić information content (AvgIpc) is 3.02. The second-order valence-electron chi connectivity index (χ2n) is 9.04. The smallest absolute Gasteiger partial charge is 0.224 e. The number of aromatic nitrogens is 4. The summed E-state index contributed by atoms with van der Waals surface area (Å²) in [6.45, 7) is 1.89. The Balaban J connectivity index is 1.37. The number of tetrazole rings is 1. The van der Waals surface area contributed by atoms with Crippen LogP contribution < -0.4 is 5.32 Å². The minimum Gasteiger partial charge on any atom is -0.326 e. The summed E-state index contributed by atoms with van der Waals surface area (Å²) in [5.41, 5.74) is 0.894. The normalized spacial score (nSPS) is 34.0. The summed E-state index contributed by atoms with van der Waals surface area (Å²) < 4.78 is 1.01. The highest BCUT2D eigenvalue weighted by Gasteiger charge is 2.59. The van der Waals surface area contributed by atoms with Gasteiger partial charge in [0.25, 0.3) is 0 Å². The SMILES string of the molecule is Cc1nnn(C23C[C@H]4C[C@@H](CC(CC(=O)Nc5ccc(Br)cc5)(C4)C2)C3)n1. The Kier molecular flexibility index (Phi) is 3.93. The number of hydrogen-bond acceptors (Lipinski definition) is 4. The molecule has 4 aliphatic rings. The van der Waals surface area contributed by atoms with Crippen LogP contribution in [-0.4, -0.2) is 26.1 Å². The zero-order valence-corrected chi connectivity index (χ0v) is 17.1. The zero-order valence-electron chi connectivity index (χ0n) is 15.5. The minimum absolute atomic E-state index is 0.0385. The molecular formula is C20H24BrN5O. The van der Waals surface area contributed by atoms with E-state index in [1.807, 2.05) is 36.0 Å². The number of nitrogens with zero attached hydrogens (tertiary/aromatic N) is 4. The maximum absolute atomic E-state index is 12.9. The van der Waals surface area contributed by atoms with Gasteiger partial charge < -0.3 is 5.32 Å². The summed E-state index contributed by atoms with van der Waals surface area (Å²) in [5.74, 6) is 2.21. The maximum atomic E-state index is 12.9. The summed E-state index contributed by atoms with van der Waals surface area (Å²) in [7, 11) is 0. The predicted octanol–water partition coefficient (Wildman–Crippen LogP) is 4.07. The van der Waals surface area contributed by atoms with Crippen molar-refractivity contribution in [3.05, 3.63) is 34.6 Å². The van der Waals surface area contributed by atoms with Crippen LogP contribution >= 0.6 is 15.9 Å². The molecule has 1 aromatic heterocycles. The van der Waals surface area contributed by atoms with E-state index < -0.39 is 0 Å². The van der Waals surface area contributed by atoms with Gasteiger partial charge >= 0.3 is 0 Å². The standard InChI is InChI=1S/C20H24BrN5O/c1-13-23-25-26(24-13)20-9-14-6-15(10-20)8-19(7-14,12-20)11-18(27)22-17-4-2-16(21)3-5-17/h2-5,14-15H,6-12H2,1H3,(H,22,27)/t14-,15-,19?,20?/m0/s1. The van der Waals surface area contributed by atoms with Gasteiger partial charge in [-0.2, -0.15) is 4.80 Å². The molecule has 6 nitrogen and oxygen atoms in total.